The number of ether oxygens (including phenoxy) is 1. The molecule has 0 aliphatic carbocycles. The summed E-state index contributed by atoms with van der Waals surface area (Å²) in [4.78, 5) is 16.2. The number of carbonyl (C=O) groups is 1. The van der Waals surface area contributed by atoms with Gasteiger partial charge in [-0.3, -0.25) is 4.79 Å². The van der Waals surface area contributed by atoms with Crippen LogP contribution in [-0.4, -0.2) is 34.7 Å². The molecule has 0 aliphatic rings. The summed E-state index contributed by atoms with van der Waals surface area (Å²) >= 11 is 0. The van der Waals surface area contributed by atoms with Crippen LogP contribution < -0.4 is 5.32 Å². The van der Waals surface area contributed by atoms with Gasteiger partial charge < -0.3 is 14.6 Å². The van der Waals surface area contributed by atoms with Crippen molar-refractivity contribution in [2.45, 2.75) is 58.5 Å². The quantitative estimate of drug-likeness (QED) is 0.705. The lowest BCUT2D eigenvalue weighted by molar-refractivity contribution is -0.148. The van der Waals surface area contributed by atoms with Crippen molar-refractivity contribution in [3.63, 3.8) is 0 Å². The highest BCUT2D eigenvalue weighted by Crippen LogP contribution is 2.16. The molecule has 5 heteroatoms. The minimum Gasteiger partial charge on any atom is -0.468 e. The third-order valence-electron chi connectivity index (χ3n) is 3.55. The number of aryl methyl sites for hydroxylation is 2. The Labute approximate surface area is 121 Å². The third kappa shape index (κ3) is 4.34. The van der Waals surface area contributed by atoms with E-state index in [4.69, 9.17) is 4.74 Å². The van der Waals surface area contributed by atoms with Crippen LogP contribution in [0, 0.1) is 0 Å². The van der Waals surface area contributed by atoms with Gasteiger partial charge in [-0.25, -0.2) is 4.98 Å². The first-order valence-corrected chi connectivity index (χ1v) is 7.40. The molecule has 0 saturated carbocycles. The van der Waals surface area contributed by atoms with E-state index in [0.29, 0.717) is 0 Å². The number of methoxy groups -OCH3 is 1. The smallest absolute Gasteiger partial charge is 0.325 e. The fourth-order valence-electron chi connectivity index (χ4n) is 2.48. The molecule has 1 aromatic heterocycles. The summed E-state index contributed by atoms with van der Waals surface area (Å²) in [5.41, 5.74) is -0.602. The predicted molar refractivity (Wildman–Crippen MR) is 79.6 cm³/mol. The third-order valence-corrected chi connectivity index (χ3v) is 3.55. The molecule has 0 fully saturated rings. The normalized spacial score (nSPS) is 14.0. The van der Waals surface area contributed by atoms with Crippen molar-refractivity contribution in [1.29, 1.82) is 0 Å². The van der Waals surface area contributed by atoms with Crippen LogP contribution in [0.4, 0.5) is 0 Å². The van der Waals surface area contributed by atoms with Gasteiger partial charge in [-0.15, -0.1) is 0 Å². The molecule has 1 atom stereocenters. The number of nitrogens with one attached hydrogen (secondary N) is 1. The topological polar surface area (TPSA) is 56.2 Å². The van der Waals surface area contributed by atoms with Gasteiger partial charge in [-0.2, -0.15) is 0 Å². The average molecular weight is 281 g/mol. The lowest BCUT2D eigenvalue weighted by atomic mass is 9.95. The molecule has 0 aliphatic heterocycles. The molecule has 1 heterocycles. The van der Waals surface area contributed by atoms with Crippen LogP contribution in [0.5, 0.6) is 0 Å². The van der Waals surface area contributed by atoms with Crippen molar-refractivity contribution < 1.29 is 9.53 Å². The molecule has 5 nitrogen and oxygen atoms in total. The monoisotopic (exact) mass is 281 g/mol. The van der Waals surface area contributed by atoms with Gasteiger partial charge in [0.25, 0.3) is 0 Å². The molecule has 114 valence electrons. The largest absolute Gasteiger partial charge is 0.468 e. The number of esters is 1. The lowest BCUT2D eigenvalue weighted by Crippen LogP contribution is -2.50. The van der Waals surface area contributed by atoms with Crippen LogP contribution >= 0.6 is 0 Å². The van der Waals surface area contributed by atoms with Gasteiger partial charge in [0.2, 0.25) is 0 Å². The van der Waals surface area contributed by atoms with E-state index in [1.165, 1.54) is 7.11 Å². The van der Waals surface area contributed by atoms with Crippen molar-refractivity contribution in [2.24, 2.45) is 0 Å². The van der Waals surface area contributed by atoms with Crippen molar-refractivity contribution in [1.82, 2.24) is 14.9 Å². The fourth-order valence-corrected chi connectivity index (χ4v) is 2.48. The van der Waals surface area contributed by atoms with Crippen LogP contribution in [0.2, 0.25) is 0 Å². The number of rotatable bonds is 9. The van der Waals surface area contributed by atoms with Crippen molar-refractivity contribution in [3.05, 3.63) is 18.2 Å². The van der Waals surface area contributed by atoms with Crippen LogP contribution in [0.25, 0.3) is 0 Å². The van der Waals surface area contributed by atoms with Gasteiger partial charge in [0.1, 0.15) is 11.4 Å². The van der Waals surface area contributed by atoms with E-state index in [1.54, 1.807) is 0 Å². The van der Waals surface area contributed by atoms with Gasteiger partial charge in [0.05, 0.1) is 7.11 Å². The number of hydrogen-bond donors (Lipinski definition) is 1. The number of aromatic nitrogens is 2. The van der Waals surface area contributed by atoms with Gasteiger partial charge in [-0.1, -0.05) is 13.8 Å². The van der Waals surface area contributed by atoms with Crippen LogP contribution in [0.15, 0.2) is 12.4 Å². The minimum atomic E-state index is -0.602. The van der Waals surface area contributed by atoms with E-state index in [2.05, 4.69) is 21.8 Å². The standard InChI is InChI=1S/C15H27N3O2/c1-5-8-13-16-10-12-18(13)11-7-9-15(3,17-6-2)14(19)20-4/h10,12,17H,5-9,11H2,1-4H3. The van der Waals surface area contributed by atoms with Crippen molar-refractivity contribution in [3.8, 4) is 0 Å². The number of carbonyl (C=O) groups excluding carboxylic acids is 1. The molecule has 1 N–H and O–H groups in total. The first-order chi connectivity index (χ1) is 9.57. The lowest BCUT2D eigenvalue weighted by Gasteiger charge is -2.27. The molecular formula is C15H27N3O2. The Bertz CT molecular complexity index is 417. The Hall–Kier alpha value is -1.36. The Morgan fingerprint density at radius 1 is 1.50 bits per heavy atom. The SMILES string of the molecule is CCCc1nccn1CCCC(C)(NCC)C(=O)OC. The first-order valence-electron chi connectivity index (χ1n) is 7.40. The number of likely N-dealkylation sites (N-methyl/N-ethyl adjacent to an activating group) is 1. The summed E-state index contributed by atoms with van der Waals surface area (Å²) in [7, 11) is 1.44. The average Bonchev–Trinajstić information content (AvgIpc) is 2.86. The molecule has 0 aromatic carbocycles. The van der Waals surface area contributed by atoms with Crippen LogP contribution in [-0.2, 0) is 22.5 Å². The Balaban J connectivity index is 2.56. The zero-order valence-electron chi connectivity index (χ0n) is 13.1. The number of imidazole rings is 1. The van der Waals surface area contributed by atoms with Crippen molar-refractivity contribution in [2.75, 3.05) is 13.7 Å². The highest BCUT2D eigenvalue weighted by atomic mass is 16.5. The van der Waals surface area contributed by atoms with E-state index in [0.717, 1.165) is 44.6 Å². The first kappa shape index (κ1) is 16.7. The molecular weight excluding hydrogens is 254 g/mol. The van der Waals surface area contributed by atoms with Gasteiger partial charge in [0.15, 0.2) is 0 Å². The molecule has 0 radical (unpaired) electrons. The Kier molecular flexibility index (Phi) is 6.71. The maximum absolute atomic E-state index is 11.9. The zero-order valence-corrected chi connectivity index (χ0v) is 13.1. The maximum atomic E-state index is 11.9. The molecule has 20 heavy (non-hydrogen) atoms. The van der Waals surface area contributed by atoms with Crippen molar-refractivity contribution >= 4 is 5.97 Å². The summed E-state index contributed by atoms with van der Waals surface area (Å²) < 4.78 is 7.07. The second kappa shape index (κ2) is 8.04. The molecule has 0 spiro atoms. The highest BCUT2D eigenvalue weighted by molar-refractivity contribution is 5.80. The Morgan fingerprint density at radius 3 is 2.85 bits per heavy atom. The molecule has 0 saturated heterocycles. The minimum absolute atomic E-state index is 0.196. The van der Waals surface area contributed by atoms with Crippen LogP contribution in [0.3, 0.4) is 0 Å². The number of nitrogens with zero attached hydrogens (tertiary/aromatic N) is 2. The summed E-state index contributed by atoms with van der Waals surface area (Å²) in [5.74, 6) is 0.925. The summed E-state index contributed by atoms with van der Waals surface area (Å²) in [6.07, 6.45) is 7.59. The second-order valence-corrected chi connectivity index (χ2v) is 5.24. The van der Waals surface area contributed by atoms with E-state index in [-0.39, 0.29) is 5.97 Å². The predicted octanol–water partition coefficient (Wildman–Crippen LogP) is 2.16. The van der Waals surface area contributed by atoms with E-state index >= 15 is 0 Å². The Morgan fingerprint density at radius 2 is 2.25 bits per heavy atom. The molecule has 1 unspecified atom stereocenters. The van der Waals surface area contributed by atoms with E-state index in [9.17, 15) is 4.79 Å². The second-order valence-electron chi connectivity index (χ2n) is 5.24. The highest BCUT2D eigenvalue weighted by Gasteiger charge is 2.32. The fraction of sp³-hybridized carbons (Fsp3) is 0.733. The molecule has 0 bridgehead atoms. The summed E-state index contributed by atoms with van der Waals surface area (Å²) in [5, 5.41) is 3.23. The van der Waals surface area contributed by atoms with Gasteiger partial charge in [-0.05, 0) is 32.7 Å². The summed E-state index contributed by atoms with van der Waals surface area (Å²) in [6.45, 7) is 7.68. The molecule has 1 aromatic rings. The van der Waals surface area contributed by atoms with Gasteiger partial charge in [0, 0.05) is 25.4 Å². The van der Waals surface area contributed by atoms with Gasteiger partial charge >= 0.3 is 5.97 Å². The molecule has 1 rings (SSSR count). The number of hydrogen-bond acceptors (Lipinski definition) is 4. The van der Waals surface area contributed by atoms with E-state index < -0.39 is 5.54 Å². The maximum Gasteiger partial charge on any atom is 0.325 e. The summed E-state index contributed by atoms with van der Waals surface area (Å²) in [6, 6.07) is 0. The van der Waals surface area contributed by atoms with E-state index in [1.807, 2.05) is 26.2 Å². The van der Waals surface area contributed by atoms with Crippen LogP contribution in [0.1, 0.15) is 45.9 Å². The zero-order chi connectivity index (χ0) is 15.0. The molecule has 0 amide bonds.